The first-order valence-corrected chi connectivity index (χ1v) is 9.56. The summed E-state index contributed by atoms with van der Waals surface area (Å²) < 4.78 is 15.7. The maximum Gasteiger partial charge on any atom is 0.211 e. The third-order valence-corrected chi connectivity index (χ3v) is 5.23. The summed E-state index contributed by atoms with van der Waals surface area (Å²) in [6, 6.07) is 16.1. The van der Waals surface area contributed by atoms with Crippen molar-refractivity contribution in [3.8, 4) is 10.6 Å². The number of aromatic nitrogens is 2. The molecule has 128 valence electrons. The molecule has 4 nitrogen and oxygen atoms in total. The van der Waals surface area contributed by atoms with Gasteiger partial charge in [0, 0.05) is 11.6 Å². The number of benzene rings is 1. The molecule has 0 N–H and O–H groups in total. The van der Waals surface area contributed by atoms with E-state index >= 15 is 0 Å². The van der Waals surface area contributed by atoms with Gasteiger partial charge in [0.05, 0.1) is 22.5 Å². The Bertz CT molecular complexity index is 1100. The summed E-state index contributed by atoms with van der Waals surface area (Å²) in [4.78, 5) is 10.4. The molecule has 7 heteroatoms. The van der Waals surface area contributed by atoms with E-state index in [1.54, 1.807) is 46.6 Å². The highest BCUT2D eigenvalue weighted by molar-refractivity contribution is 7.14. The van der Waals surface area contributed by atoms with E-state index in [9.17, 15) is 4.39 Å². The molecule has 0 fully saturated rings. The van der Waals surface area contributed by atoms with E-state index in [4.69, 9.17) is 0 Å². The Hall–Kier alpha value is -2.90. The minimum absolute atomic E-state index is 0.286. The van der Waals surface area contributed by atoms with E-state index in [1.807, 2.05) is 41.1 Å². The summed E-state index contributed by atoms with van der Waals surface area (Å²) in [6.45, 7) is 0. The number of halogens is 1. The number of rotatable bonds is 4. The largest absolute Gasteiger partial charge is 0.255 e. The highest BCUT2D eigenvalue weighted by atomic mass is 32.1. The highest BCUT2D eigenvalue weighted by Crippen LogP contribution is 2.25. The van der Waals surface area contributed by atoms with Crippen molar-refractivity contribution in [1.29, 1.82) is 0 Å². The van der Waals surface area contributed by atoms with Crippen LogP contribution in [0.25, 0.3) is 10.6 Å². The molecule has 0 bridgehead atoms. The Morgan fingerprint density at radius 1 is 1.00 bits per heavy atom. The fourth-order valence-corrected chi connectivity index (χ4v) is 3.94. The number of nitrogens with zero attached hydrogens (tertiary/aromatic N) is 4. The zero-order chi connectivity index (χ0) is 17.8. The lowest BCUT2D eigenvalue weighted by atomic mass is 10.3. The van der Waals surface area contributed by atoms with Gasteiger partial charge < -0.3 is 0 Å². The first-order valence-electron chi connectivity index (χ1n) is 7.80. The fraction of sp³-hybridized carbons (Fsp3) is 0. The van der Waals surface area contributed by atoms with E-state index in [0.717, 1.165) is 16.3 Å². The molecule has 26 heavy (non-hydrogen) atoms. The lowest BCUT2D eigenvalue weighted by molar-refractivity contribution is 0.628. The second-order valence-electron chi connectivity index (χ2n) is 5.26. The predicted octanol–water partition coefficient (Wildman–Crippen LogP) is 4.93. The second kappa shape index (κ2) is 7.55. The smallest absolute Gasteiger partial charge is 0.211 e. The van der Waals surface area contributed by atoms with Gasteiger partial charge in [0.1, 0.15) is 11.5 Å². The van der Waals surface area contributed by atoms with Crippen LogP contribution in [0.4, 0.5) is 10.1 Å². The maximum atomic E-state index is 14.0. The summed E-state index contributed by atoms with van der Waals surface area (Å²) in [5.41, 5.74) is 1.93. The Kier molecular flexibility index (Phi) is 4.81. The molecule has 0 saturated carbocycles. The van der Waals surface area contributed by atoms with Crippen molar-refractivity contribution < 1.29 is 4.39 Å². The first kappa shape index (κ1) is 16.6. The molecule has 3 heterocycles. The van der Waals surface area contributed by atoms with Gasteiger partial charge in [-0.05, 0) is 35.7 Å². The third-order valence-electron chi connectivity index (χ3n) is 3.52. The van der Waals surface area contributed by atoms with E-state index < -0.39 is 0 Å². The standard InChI is InChI=1S/C19H13FN4S2/c20-15-7-1-2-8-16(15)23-19-24(22-12-14-6-3-4-10-21-14)17(13-26-19)18-9-5-11-25-18/h1-13H. The SMILES string of the molecule is Fc1ccccc1N=c1scc(-c2cccs2)n1N=Cc1ccccn1. The molecule has 1 aromatic carbocycles. The lowest BCUT2D eigenvalue weighted by Crippen LogP contribution is -2.11. The van der Waals surface area contributed by atoms with Crippen LogP contribution in [0.3, 0.4) is 0 Å². The molecule has 3 aromatic heterocycles. The average molecular weight is 380 g/mol. The van der Waals surface area contributed by atoms with Gasteiger partial charge in [0.25, 0.3) is 0 Å². The molecule has 0 spiro atoms. The number of pyridine rings is 1. The molecule has 0 aliphatic carbocycles. The molecular formula is C19H13FN4S2. The van der Waals surface area contributed by atoms with Gasteiger partial charge in [-0.3, -0.25) is 4.98 Å². The van der Waals surface area contributed by atoms with Crippen LogP contribution in [-0.4, -0.2) is 15.9 Å². The minimum atomic E-state index is -0.362. The van der Waals surface area contributed by atoms with E-state index in [1.165, 1.54) is 17.4 Å². The van der Waals surface area contributed by atoms with Gasteiger partial charge in [-0.1, -0.05) is 24.3 Å². The van der Waals surface area contributed by atoms with Gasteiger partial charge in [-0.15, -0.1) is 22.7 Å². The zero-order valence-corrected chi connectivity index (χ0v) is 15.1. The number of para-hydroxylation sites is 1. The van der Waals surface area contributed by atoms with Crippen LogP contribution in [0.1, 0.15) is 5.69 Å². The molecule has 4 rings (SSSR count). The maximum absolute atomic E-state index is 14.0. The van der Waals surface area contributed by atoms with E-state index in [-0.39, 0.29) is 11.5 Å². The molecular weight excluding hydrogens is 367 g/mol. The van der Waals surface area contributed by atoms with Crippen molar-refractivity contribution in [2.75, 3.05) is 0 Å². The van der Waals surface area contributed by atoms with Crippen molar-refractivity contribution in [2.24, 2.45) is 10.1 Å². The molecule has 0 unspecified atom stereocenters. The van der Waals surface area contributed by atoms with Gasteiger partial charge in [-0.25, -0.2) is 14.1 Å². The van der Waals surface area contributed by atoms with Gasteiger partial charge in [0.15, 0.2) is 0 Å². The van der Waals surface area contributed by atoms with Crippen molar-refractivity contribution in [1.82, 2.24) is 9.66 Å². The van der Waals surface area contributed by atoms with Crippen molar-refractivity contribution in [2.45, 2.75) is 0 Å². The monoisotopic (exact) mass is 380 g/mol. The fourth-order valence-electron chi connectivity index (χ4n) is 2.30. The first-order chi connectivity index (χ1) is 12.8. The van der Waals surface area contributed by atoms with Gasteiger partial charge in [0.2, 0.25) is 4.80 Å². The topological polar surface area (TPSA) is 42.5 Å². The Labute approximate surface area is 157 Å². The number of thiazole rings is 1. The summed E-state index contributed by atoms with van der Waals surface area (Å²) in [6.07, 6.45) is 3.38. The van der Waals surface area contributed by atoms with E-state index in [0.29, 0.717) is 4.80 Å². The Morgan fingerprint density at radius 2 is 1.88 bits per heavy atom. The summed E-state index contributed by atoms with van der Waals surface area (Å²) in [5.74, 6) is -0.362. The van der Waals surface area contributed by atoms with Gasteiger partial charge >= 0.3 is 0 Å². The zero-order valence-electron chi connectivity index (χ0n) is 13.5. The molecule has 0 aliphatic heterocycles. The van der Waals surface area contributed by atoms with Crippen LogP contribution < -0.4 is 4.80 Å². The Balaban J connectivity index is 1.85. The van der Waals surface area contributed by atoms with Crippen molar-refractivity contribution >= 4 is 34.6 Å². The molecule has 0 amide bonds. The van der Waals surface area contributed by atoms with Crippen LogP contribution in [-0.2, 0) is 0 Å². The van der Waals surface area contributed by atoms with Crippen LogP contribution in [0, 0.1) is 5.82 Å². The van der Waals surface area contributed by atoms with E-state index in [2.05, 4.69) is 15.1 Å². The highest BCUT2D eigenvalue weighted by Gasteiger charge is 2.09. The van der Waals surface area contributed by atoms with Gasteiger partial charge in [-0.2, -0.15) is 5.10 Å². The van der Waals surface area contributed by atoms with Crippen LogP contribution in [0.5, 0.6) is 0 Å². The summed E-state index contributed by atoms with van der Waals surface area (Å²) >= 11 is 3.03. The van der Waals surface area contributed by atoms with Crippen LogP contribution in [0.15, 0.2) is 81.6 Å². The molecule has 0 radical (unpaired) electrons. The van der Waals surface area contributed by atoms with Crippen molar-refractivity contribution in [3.63, 3.8) is 0 Å². The van der Waals surface area contributed by atoms with Crippen LogP contribution >= 0.6 is 22.7 Å². The summed E-state index contributed by atoms with van der Waals surface area (Å²) in [5, 5.41) is 8.53. The summed E-state index contributed by atoms with van der Waals surface area (Å²) in [7, 11) is 0. The second-order valence-corrected chi connectivity index (χ2v) is 7.04. The Morgan fingerprint density at radius 3 is 2.65 bits per heavy atom. The normalized spacial score (nSPS) is 12.1. The van der Waals surface area contributed by atoms with Crippen LogP contribution in [0.2, 0.25) is 0 Å². The molecule has 4 aromatic rings. The minimum Gasteiger partial charge on any atom is -0.255 e. The molecule has 0 aliphatic rings. The number of hydrogen-bond acceptors (Lipinski definition) is 5. The molecule has 0 saturated heterocycles. The quantitative estimate of drug-likeness (QED) is 0.463. The third kappa shape index (κ3) is 3.54. The van der Waals surface area contributed by atoms with Crippen molar-refractivity contribution in [3.05, 3.63) is 87.9 Å². The predicted molar refractivity (Wildman–Crippen MR) is 104 cm³/mol. The number of hydrogen-bond donors (Lipinski definition) is 0. The molecule has 0 atom stereocenters. The lowest BCUT2D eigenvalue weighted by Gasteiger charge is -2.01. The number of thiophene rings is 1. The average Bonchev–Trinajstić information content (AvgIpc) is 3.32.